The van der Waals surface area contributed by atoms with Gasteiger partial charge in [-0.15, -0.1) is 5.10 Å². The third kappa shape index (κ3) is 3.77. The summed E-state index contributed by atoms with van der Waals surface area (Å²) in [5, 5.41) is 11.2. The van der Waals surface area contributed by atoms with Crippen LogP contribution in [0.15, 0.2) is 48.5 Å². The quantitative estimate of drug-likeness (QED) is 0.534. The lowest BCUT2D eigenvalue weighted by Gasteiger charge is -2.06. The molecule has 0 unspecified atom stereocenters. The van der Waals surface area contributed by atoms with Gasteiger partial charge in [-0.1, -0.05) is 61.6 Å². The van der Waals surface area contributed by atoms with Crippen LogP contribution in [0.2, 0.25) is 0 Å². The molecule has 0 saturated heterocycles. The van der Waals surface area contributed by atoms with Crippen LogP contribution < -0.4 is 5.32 Å². The van der Waals surface area contributed by atoms with E-state index in [0.29, 0.717) is 17.2 Å². The molecule has 28 heavy (non-hydrogen) atoms. The third-order valence-electron chi connectivity index (χ3n) is 3.91. The Morgan fingerprint density at radius 2 is 1.86 bits per heavy atom. The monoisotopic (exact) mass is 397 g/mol. The maximum absolute atomic E-state index is 14.1. The number of benzene rings is 2. The van der Waals surface area contributed by atoms with Gasteiger partial charge < -0.3 is 0 Å². The normalized spacial score (nSPS) is 10.4. The van der Waals surface area contributed by atoms with E-state index < -0.39 is 11.7 Å². The number of carbonyl (C=O) groups excluding carboxylic acids is 1. The highest BCUT2D eigenvalue weighted by Crippen LogP contribution is 2.26. The fourth-order valence-corrected chi connectivity index (χ4v) is 3.56. The maximum atomic E-state index is 14.1. The highest BCUT2D eigenvalue weighted by atomic mass is 32.1. The van der Waals surface area contributed by atoms with Gasteiger partial charge in [-0.2, -0.15) is 0 Å². The number of para-hydroxylation sites is 2. The number of halogens is 1. The Morgan fingerprint density at radius 3 is 2.57 bits per heavy atom. The van der Waals surface area contributed by atoms with Crippen LogP contribution in [0.25, 0.3) is 15.9 Å². The molecule has 2 aromatic carbocycles. The van der Waals surface area contributed by atoms with Gasteiger partial charge in [-0.25, -0.2) is 14.1 Å². The van der Waals surface area contributed by atoms with Gasteiger partial charge in [0.1, 0.15) is 11.5 Å². The van der Waals surface area contributed by atoms with E-state index in [2.05, 4.69) is 20.6 Å². The van der Waals surface area contributed by atoms with Crippen molar-refractivity contribution in [2.24, 2.45) is 0 Å². The van der Waals surface area contributed by atoms with E-state index in [1.807, 2.05) is 45.0 Å². The second-order valence-electron chi connectivity index (χ2n) is 5.54. The average molecular weight is 397 g/mol. The Hall–Kier alpha value is -3.13. The zero-order chi connectivity index (χ0) is 20.1. The Kier molecular flexibility index (Phi) is 6.10. The topological polar surface area (TPSA) is 72.7 Å². The maximum Gasteiger partial charge on any atom is 0.279 e. The van der Waals surface area contributed by atoms with E-state index in [1.165, 1.54) is 22.1 Å². The van der Waals surface area contributed by atoms with E-state index in [-0.39, 0.29) is 11.4 Å². The number of rotatable bonds is 4. The van der Waals surface area contributed by atoms with Crippen LogP contribution in [-0.4, -0.2) is 25.9 Å². The number of nitrogens with zero attached hydrogens (tertiary/aromatic N) is 4. The molecule has 2 aromatic heterocycles. The summed E-state index contributed by atoms with van der Waals surface area (Å²) in [4.78, 5) is 17.0. The molecule has 0 aliphatic rings. The summed E-state index contributed by atoms with van der Waals surface area (Å²) in [7, 11) is 0. The molecule has 1 amide bonds. The molecule has 144 valence electrons. The van der Waals surface area contributed by atoms with Gasteiger partial charge in [0, 0.05) is 0 Å². The largest absolute Gasteiger partial charge is 0.296 e. The number of nitrogens with one attached hydrogen (secondary N) is 1. The lowest BCUT2D eigenvalue weighted by atomic mass is 10.2. The summed E-state index contributed by atoms with van der Waals surface area (Å²) in [6.45, 7) is 5.87. The van der Waals surface area contributed by atoms with Crippen molar-refractivity contribution in [3.8, 4) is 5.69 Å². The molecule has 0 aliphatic carbocycles. The van der Waals surface area contributed by atoms with Crippen molar-refractivity contribution < 1.29 is 9.18 Å². The molecule has 0 radical (unpaired) electrons. The van der Waals surface area contributed by atoms with E-state index in [0.717, 1.165) is 10.2 Å². The molecule has 0 saturated carbocycles. The highest BCUT2D eigenvalue weighted by Gasteiger charge is 2.21. The van der Waals surface area contributed by atoms with Crippen molar-refractivity contribution in [2.45, 2.75) is 27.2 Å². The molecule has 2 heterocycles. The number of thiazole rings is 1. The molecule has 0 spiro atoms. The van der Waals surface area contributed by atoms with Crippen LogP contribution in [0.3, 0.4) is 0 Å². The number of hydrogen-bond donors (Lipinski definition) is 1. The standard InChI is InChI=1S/C18H14FN5OS.C2H6/c1-2-13-16(22-23-24(13)14-9-5-3-7-11(14)19)17(25)21-18-20-12-8-4-6-10-15(12)26-18;1-2/h3-10H,2H2,1H3,(H,20,21,25);1-2H3. The number of amides is 1. The zero-order valence-corrected chi connectivity index (χ0v) is 16.6. The summed E-state index contributed by atoms with van der Waals surface area (Å²) in [6, 6.07) is 13.9. The molecule has 4 rings (SSSR count). The fourth-order valence-electron chi connectivity index (χ4n) is 2.69. The van der Waals surface area contributed by atoms with E-state index in [4.69, 9.17) is 0 Å². The van der Waals surface area contributed by atoms with E-state index in [9.17, 15) is 9.18 Å². The first kappa shape index (κ1) is 19.6. The first-order valence-electron chi connectivity index (χ1n) is 9.03. The minimum atomic E-state index is -0.426. The summed E-state index contributed by atoms with van der Waals surface area (Å²) >= 11 is 1.38. The average Bonchev–Trinajstić information content (AvgIpc) is 3.33. The van der Waals surface area contributed by atoms with E-state index in [1.54, 1.807) is 18.2 Å². The summed E-state index contributed by atoms with van der Waals surface area (Å²) in [6.07, 6.45) is 0.476. The van der Waals surface area contributed by atoms with Crippen molar-refractivity contribution in [2.75, 3.05) is 5.32 Å². The van der Waals surface area contributed by atoms with Gasteiger partial charge in [0.2, 0.25) is 0 Å². The van der Waals surface area contributed by atoms with Crippen LogP contribution in [0.5, 0.6) is 0 Å². The Balaban J connectivity index is 0.00000109. The lowest BCUT2D eigenvalue weighted by molar-refractivity contribution is 0.102. The van der Waals surface area contributed by atoms with Gasteiger partial charge in [0.25, 0.3) is 5.91 Å². The third-order valence-corrected chi connectivity index (χ3v) is 4.86. The first-order valence-corrected chi connectivity index (χ1v) is 9.85. The van der Waals surface area contributed by atoms with Crippen LogP contribution in [0.1, 0.15) is 37.0 Å². The Labute approximate surface area is 166 Å². The smallest absolute Gasteiger partial charge is 0.279 e. The Morgan fingerprint density at radius 1 is 1.14 bits per heavy atom. The van der Waals surface area contributed by atoms with Crippen LogP contribution in [-0.2, 0) is 6.42 Å². The van der Waals surface area contributed by atoms with Gasteiger partial charge >= 0.3 is 0 Å². The molecule has 0 bridgehead atoms. The first-order chi connectivity index (χ1) is 13.7. The molecule has 0 atom stereocenters. The molecule has 6 nitrogen and oxygen atoms in total. The molecule has 0 aliphatic heterocycles. The summed E-state index contributed by atoms with van der Waals surface area (Å²) in [5.74, 6) is -0.839. The molecule has 4 aromatic rings. The predicted octanol–water partition coefficient (Wildman–Crippen LogP) is 4.86. The highest BCUT2D eigenvalue weighted by molar-refractivity contribution is 7.22. The van der Waals surface area contributed by atoms with Crippen LogP contribution >= 0.6 is 11.3 Å². The van der Waals surface area contributed by atoms with Gasteiger partial charge in [0.05, 0.1) is 15.9 Å². The van der Waals surface area contributed by atoms with Crippen LogP contribution in [0.4, 0.5) is 9.52 Å². The van der Waals surface area contributed by atoms with Crippen molar-refractivity contribution in [3.05, 3.63) is 65.7 Å². The minimum absolute atomic E-state index is 0.162. The molecular formula is C20H20FN5OS. The van der Waals surface area contributed by atoms with Gasteiger partial charge in [0.15, 0.2) is 10.8 Å². The molecule has 8 heteroatoms. The second kappa shape index (κ2) is 8.71. The second-order valence-corrected chi connectivity index (χ2v) is 6.57. The van der Waals surface area contributed by atoms with Gasteiger partial charge in [-0.05, 0) is 30.7 Å². The summed E-state index contributed by atoms with van der Waals surface area (Å²) < 4.78 is 16.4. The predicted molar refractivity (Wildman–Crippen MR) is 110 cm³/mol. The van der Waals surface area contributed by atoms with Crippen molar-refractivity contribution in [1.82, 2.24) is 20.0 Å². The number of fused-ring (bicyclic) bond motifs is 1. The SMILES string of the molecule is CC.CCc1c(C(=O)Nc2nc3ccccc3s2)nnn1-c1ccccc1F. The van der Waals surface area contributed by atoms with Crippen molar-refractivity contribution >= 4 is 32.6 Å². The number of aromatic nitrogens is 4. The van der Waals surface area contributed by atoms with Crippen molar-refractivity contribution in [1.29, 1.82) is 0 Å². The zero-order valence-electron chi connectivity index (χ0n) is 15.8. The van der Waals surface area contributed by atoms with Crippen LogP contribution in [0, 0.1) is 5.82 Å². The van der Waals surface area contributed by atoms with E-state index >= 15 is 0 Å². The van der Waals surface area contributed by atoms with Gasteiger partial charge in [-0.3, -0.25) is 10.1 Å². The lowest BCUT2D eigenvalue weighted by Crippen LogP contribution is -2.15. The number of anilines is 1. The fraction of sp³-hybridized carbons (Fsp3) is 0.200. The van der Waals surface area contributed by atoms with Crippen molar-refractivity contribution in [3.63, 3.8) is 0 Å². The summed E-state index contributed by atoms with van der Waals surface area (Å²) in [5.41, 5.74) is 1.78. The number of hydrogen-bond acceptors (Lipinski definition) is 5. The molecule has 0 fully saturated rings. The molecular weight excluding hydrogens is 377 g/mol. The number of carbonyl (C=O) groups is 1. The molecule has 1 N–H and O–H groups in total. The minimum Gasteiger partial charge on any atom is -0.296 e. The Bertz CT molecular complexity index is 1070.